The number of carbonyl (C=O) groups excluding carboxylic acids is 1. The Morgan fingerprint density at radius 2 is 2.06 bits per heavy atom. The van der Waals surface area contributed by atoms with E-state index in [1.54, 1.807) is 6.08 Å². The van der Waals surface area contributed by atoms with Crippen LogP contribution >= 0.6 is 0 Å². The Labute approximate surface area is 94.8 Å². The minimum absolute atomic E-state index is 0.0257. The lowest BCUT2D eigenvalue weighted by molar-refractivity contribution is -0.117. The Morgan fingerprint density at radius 3 is 2.62 bits per heavy atom. The molecule has 1 aromatic carbocycles. The molecular formula is C13H15NO2. The zero-order chi connectivity index (χ0) is 11.4. The zero-order valence-corrected chi connectivity index (χ0v) is 9.02. The van der Waals surface area contributed by atoms with Crippen LogP contribution in [0.2, 0.25) is 0 Å². The average Bonchev–Trinajstić information content (AvgIpc) is 3.08. The molecule has 3 nitrogen and oxygen atoms in total. The first-order valence-electron chi connectivity index (χ1n) is 5.40. The summed E-state index contributed by atoms with van der Waals surface area (Å²) in [5.74, 6) is -0.143. The number of aliphatic hydroxyl groups excluding tert-OH is 1. The van der Waals surface area contributed by atoms with Crippen LogP contribution in [0.3, 0.4) is 0 Å². The molecule has 2 N–H and O–H groups in total. The molecule has 16 heavy (non-hydrogen) atoms. The topological polar surface area (TPSA) is 49.3 Å². The fraction of sp³-hybridized carbons (Fsp3) is 0.308. The molecule has 1 amide bonds. The smallest absolute Gasteiger partial charge is 0.244 e. The van der Waals surface area contributed by atoms with E-state index in [9.17, 15) is 4.79 Å². The number of nitrogens with one attached hydrogen (secondary N) is 1. The van der Waals surface area contributed by atoms with Crippen LogP contribution in [0, 0.1) is 0 Å². The molecular weight excluding hydrogens is 202 g/mol. The van der Waals surface area contributed by atoms with Gasteiger partial charge in [0, 0.05) is 6.08 Å². The molecule has 1 aliphatic carbocycles. The SMILES string of the molecule is O=C(/C=C/c1ccccc1)NC1(CO)CC1. The summed E-state index contributed by atoms with van der Waals surface area (Å²) in [4.78, 5) is 11.5. The molecule has 0 heterocycles. The monoisotopic (exact) mass is 217 g/mol. The summed E-state index contributed by atoms with van der Waals surface area (Å²) < 4.78 is 0. The predicted octanol–water partition coefficient (Wildman–Crippen LogP) is 1.34. The molecule has 1 aliphatic rings. The maximum absolute atomic E-state index is 11.5. The number of hydrogen-bond donors (Lipinski definition) is 2. The lowest BCUT2D eigenvalue weighted by Gasteiger charge is -2.11. The Bertz CT molecular complexity index is 394. The van der Waals surface area contributed by atoms with Crippen LogP contribution in [-0.2, 0) is 4.79 Å². The van der Waals surface area contributed by atoms with Gasteiger partial charge in [-0.3, -0.25) is 4.79 Å². The van der Waals surface area contributed by atoms with Gasteiger partial charge in [-0.2, -0.15) is 0 Å². The molecule has 2 rings (SSSR count). The largest absolute Gasteiger partial charge is 0.394 e. The standard InChI is InChI=1S/C13H15NO2/c15-10-13(8-9-13)14-12(16)7-6-11-4-2-1-3-5-11/h1-7,15H,8-10H2,(H,14,16)/b7-6+. The third-order valence-corrected chi connectivity index (χ3v) is 2.77. The van der Waals surface area contributed by atoms with Crippen molar-refractivity contribution in [3.8, 4) is 0 Å². The normalized spacial score (nSPS) is 17.3. The number of benzene rings is 1. The number of hydrogen-bond acceptors (Lipinski definition) is 2. The maximum Gasteiger partial charge on any atom is 0.244 e. The summed E-state index contributed by atoms with van der Waals surface area (Å²) in [5, 5.41) is 11.9. The summed E-state index contributed by atoms with van der Waals surface area (Å²) in [6.07, 6.45) is 5.01. The number of carbonyl (C=O) groups is 1. The highest BCUT2D eigenvalue weighted by molar-refractivity contribution is 5.92. The van der Waals surface area contributed by atoms with E-state index in [0.29, 0.717) is 0 Å². The maximum atomic E-state index is 11.5. The Kier molecular flexibility index (Phi) is 3.06. The highest BCUT2D eigenvalue weighted by Crippen LogP contribution is 2.34. The van der Waals surface area contributed by atoms with E-state index >= 15 is 0 Å². The van der Waals surface area contributed by atoms with Crippen LogP contribution in [0.4, 0.5) is 0 Å². The van der Waals surface area contributed by atoms with Gasteiger partial charge in [-0.05, 0) is 24.5 Å². The molecule has 0 bridgehead atoms. The van der Waals surface area contributed by atoms with Crippen LogP contribution in [0.5, 0.6) is 0 Å². The van der Waals surface area contributed by atoms with E-state index in [1.807, 2.05) is 30.3 Å². The fourth-order valence-corrected chi connectivity index (χ4v) is 1.51. The van der Waals surface area contributed by atoms with Crippen LogP contribution < -0.4 is 5.32 Å². The Balaban J connectivity index is 1.90. The second-order valence-corrected chi connectivity index (χ2v) is 4.17. The van der Waals surface area contributed by atoms with Crippen molar-refractivity contribution >= 4 is 12.0 Å². The van der Waals surface area contributed by atoms with E-state index in [4.69, 9.17) is 5.11 Å². The van der Waals surface area contributed by atoms with Crippen molar-refractivity contribution in [2.75, 3.05) is 6.61 Å². The Morgan fingerprint density at radius 1 is 1.38 bits per heavy atom. The summed E-state index contributed by atoms with van der Waals surface area (Å²) in [5.41, 5.74) is 0.657. The number of amides is 1. The summed E-state index contributed by atoms with van der Waals surface area (Å²) in [6.45, 7) is 0.0257. The quantitative estimate of drug-likeness (QED) is 0.748. The van der Waals surface area contributed by atoms with Gasteiger partial charge in [-0.1, -0.05) is 30.3 Å². The van der Waals surface area contributed by atoms with Crippen LogP contribution in [0.25, 0.3) is 6.08 Å². The number of aliphatic hydroxyl groups is 1. The summed E-state index contributed by atoms with van der Waals surface area (Å²) >= 11 is 0. The lowest BCUT2D eigenvalue weighted by atomic mass is 10.2. The minimum atomic E-state index is -0.335. The van der Waals surface area contributed by atoms with E-state index in [-0.39, 0.29) is 18.1 Å². The van der Waals surface area contributed by atoms with Gasteiger partial charge >= 0.3 is 0 Å². The van der Waals surface area contributed by atoms with Crippen molar-refractivity contribution in [3.05, 3.63) is 42.0 Å². The molecule has 0 spiro atoms. The molecule has 84 valence electrons. The second-order valence-electron chi connectivity index (χ2n) is 4.17. The van der Waals surface area contributed by atoms with Crippen LogP contribution in [0.1, 0.15) is 18.4 Å². The van der Waals surface area contributed by atoms with Crippen molar-refractivity contribution in [2.24, 2.45) is 0 Å². The molecule has 3 heteroatoms. The van der Waals surface area contributed by atoms with Crippen LogP contribution in [-0.4, -0.2) is 23.2 Å². The minimum Gasteiger partial charge on any atom is -0.394 e. The van der Waals surface area contributed by atoms with E-state index in [1.165, 1.54) is 6.08 Å². The van der Waals surface area contributed by atoms with Crippen molar-refractivity contribution in [1.29, 1.82) is 0 Å². The first-order valence-corrected chi connectivity index (χ1v) is 5.40. The van der Waals surface area contributed by atoms with Gasteiger partial charge in [-0.25, -0.2) is 0 Å². The van der Waals surface area contributed by atoms with E-state index < -0.39 is 0 Å². The van der Waals surface area contributed by atoms with Crippen molar-refractivity contribution in [1.82, 2.24) is 5.32 Å². The average molecular weight is 217 g/mol. The van der Waals surface area contributed by atoms with Gasteiger partial charge in [0.1, 0.15) is 0 Å². The third-order valence-electron chi connectivity index (χ3n) is 2.77. The second kappa shape index (κ2) is 4.49. The Hall–Kier alpha value is -1.61. The van der Waals surface area contributed by atoms with Crippen molar-refractivity contribution in [2.45, 2.75) is 18.4 Å². The van der Waals surface area contributed by atoms with Gasteiger partial charge in [-0.15, -0.1) is 0 Å². The molecule has 0 atom stereocenters. The molecule has 0 aromatic heterocycles. The molecule has 1 saturated carbocycles. The molecule has 0 aliphatic heterocycles. The zero-order valence-electron chi connectivity index (χ0n) is 9.02. The third kappa shape index (κ3) is 2.70. The summed E-state index contributed by atoms with van der Waals surface area (Å²) in [6, 6.07) is 9.65. The van der Waals surface area contributed by atoms with Crippen molar-refractivity contribution < 1.29 is 9.90 Å². The highest BCUT2D eigenvalue weighted by Gasteiger charge is 2.42. The van der Waals surface area contributed by atoms with Gasteiger partial charge in [0.2, 0.25) is 5.91 Å². The van der Waals surface area contributed by atoms with Gasteiger partial charge in [0.15, 0.2) is 0 Å². The molecule has 0 saturated heterocycles. The molecule has 1 aromatic rings. The first kappa shape index (κ1) is 10.9. The first-order chi connectivity index (χ1) is 7.74. The summed E-state index contributed by atoms with van der Waals surface area (Å²) in [7, 11) is 0. The van der Waals surface area contributed by atoms with E-state index in [2.05, 4.69) is 5.32 Å². The highest BCUT2D eigenvalue weighted by atomic mass is 16.3. The van der Waals surface area contributed by atoms with E-state index in [0.717, 1.165) is 18.4 Å². The van der Waals surface area contributed by atoms with Crippen molar-refractivity contribution in [3.63, 3.8) is 0 Å². The molecule has 0 unspecified atom stereocenters. The van der Waals surface area contributed by atoms with Crippen LogP contribution in [0.15, 0.2) is 36.4 Å². The van der Waals surface area contributed by atoms with Gasteiger partial charge in [0.05, 0.1) is 12.1 Å². The molecule has 0 radical (unpaired) electrons. The lowest BCUT2D eigenvalue weighted by Crippen LogP contribution is -2.38. The van der Waals surface area contributed by atoms with Gasteiger partial charge < -0.3 is 10.4 Å². The number of rotatable bonds is 4. The fourth-order valence-electron chi connectivity index (χ4n) is 1.51. The molecule has 1 fully saturated rings. The van der Waals surface area contributed by atoms with Gasteiger partial charge in [0.25, 0.3) is 0 Å². The predicted molar refractivity (Wildman–Crippen MR) is 62.7 cm³/mol.